The minimum Gasteiger partial charge on any atom is -0.483 e. The van der Waals surface area contributed by atoms with Crippen molar-refractivity contribution in [2.45, 2.75) is 33.1 Å². The summed E-state index contributed by atoms with van der Waals surface area (Å²) in [6.07, 6.45) is 0. The normalized spacial score (nSPS) is 21.3. The second-order valence-corrected chi connectivity index (χ2v) is 7.26. The molecule has 5 heteroatoms. The molecule has 5 nitrogen and oxygen atoms in total. The number of rotatable bonds is 4. The predicted molar refractivity (Wildman–Crippen MR) is 87.5 cm³/mol. The Morgan fingerprint density at radius 2 is 1.91 bits per heavy atom. The molecule has 0 radical (unpaired) electrons. The summed E-state index contributed by atoms with van der Waals surface area (Å²) in [6.45, 7) is 8.82. The maximum absolute atomic E-state index is 12.3. The standard InChI is InChI=1S/C18H25NO4/c1-12-9-19(10-13(12)17(21)22)16(20)11-23-15-8-6-5-7-14(15)18(2,3)4/h5-8,12-13H,9-11H2,1-4H3,(H,21,22)/t12-,13-/m1/s1. The van der Waals surface area contributed by atoms with Crippen LogP contribution in [0.25, 0.3) is 0 Å². The van der Waals surface area contributed by atoms with Gasteiger partial charge in [-0.1, -0.05) is 45.9 Å². The Bertz CT molecular complexity index is 591. The molecule has 1 aromatic carbocycles. The fourth-order valence-corrected chi connectivity index (χ4v) is 2.93. The van der Waals surface area contributed by atoms with Gasteiger partial charge < -0.3 is 14.7 Å². The van der Waals surface area contributed by atoms with E-state index in [2.05, 4.69) is 20.8 Å². The Labute approximate surface area is 137 Å². The van der Waals surface area contributed by atoms with Crippen molar-refractivity contribution in [1.82, 2.24) is 4.90 Å². The lowest BCUT2D eigenvalue weighted by Gasteiger charge is -2.23. The molecule has 1 amide bonds. The highest BCUT2D eigenvalue weighted by Gasteiger charge is 2.37. The Hall–Kier alpha value is -2.04. The minimum absolute atomic E-state index is 0.0293. The van der Waals surface area contributed by atoms with Crippen molar-refractivity contribution in [3.05, 3.63) is 29.8 Å². The van der Waals surface area contributed by atoms with Gasteiger partial charge >= 0.3 is 5.97 Å². The molecule has 0 aliphatic carbocycles. The summed E-state index contributed by atoms with van der Waals surface area (Å²) in [5.74, 6) is -0.814. The van der Waals surface area contributed by atoms with Crippen LogP contribution < -0.4 is 4.74 Å². The van der Waals surface area contributed by atoms with E-state index < -0.39 is 11.9 Å². The van der Waals surface area contributed by atoms with E-state index in [9.17, 15) is 9.59 Å². The van der Waals surface area contributed by atoms with Crippen LogP contribution in [0.3, 0.4) is 0 Å². The van der Waals surface area contributed by atoms with Crippen molar-refractivity contribution < 1.29 is 19.4 Å². The van der Waals surface area contributed by atoms with Crippen LogP contribution in [-0.4, -0.2) is 41.6 Å². The van der Waals surface area contributed by atoms with Gasteiger partial charge in [0.25, 0.3) is 5.91 Å². The molecule has 0 spiro atoms. The molecule has 0 aromatic heterocycles. The van der Waals surface area contributed by atoms with Gasteiger partial charge in [-0.3, -0.25) is 9.59 Å². The number of amides is 1. The maximum atomic E-state index is 12.3. The zero-order chi connectivity index (χ0) is 17.2. The van der Waals surface area contributed by atoms with Gasteiger partial charge in [0.1, 0.15) is 5.75 Å². The van der Waals surface area contributed by atoms with Crippen LogP contribution >= 0.6 is 0 Å². The number of carboxylic acids is 1. The quantitative estimate of drug-likeness (QED) is 0.926. The van der Waals surface area contributed by atoms with Gasteiger partial charge in [-0.2, -0.15) is 0 Å². The number of benzene rings is 1. The summed E-state index contributed by atoms with van der Waals surface area (Å²) < 4.78 is 5.73. The average molecular weight is 319 g/mol. The third kappa shape index (κ3) is 4.03. The van der Waals surface area contributed by atoms with E-state index in [4.69, 9.17) is 9.84 Å². The molecule has 1 aliphatic heterocycles. The zero-order valence-electron chi connectivity index (χ0n) is 14.2. The molecular formula is C18H25NO4. The predicted octanol–water partition coefficient (Wildman–Crippen LogP) is 2.54. The Balaban J connectivity index is 2.00. The van der Waals surface area contributed by atoms with Crippen LogP contribution in [0.1, 0.15) is 33.3 Å². The van der Waals surface area contributed by atoms with Crippen molar-refractivity contribution in [2.75, 3.05) is 19.7 Å². The fraction of sp³-hybridized carbons (Fsp3) is 0.556. The fourth-order valence-electron chi connectivity index (χ4n) is 2.93. The number of para-hydroxylation sites is 1. The number of likely N-dealkylation sites (tertiary alicyclic amines) is 1. The third-order valence-electron chi connectivity index (χ3n) is 4.33. The van der Waals surface area contributed by atoms with Crippen LogP contribution in [0.15, 0.2) is 24.3 Å². The number of carbonyl (C=O) groups is 2. The summed E-state index contributed by atoms with van der Waals surface area (Å²) in [5.41, 5.74) is 0.974. The number of ether oxygens (including phenoxy) is 1. The van der Waals surface area contributed by atoms with E-state index in [0.29, 0.717) is 12.3 Å². The molecule has 2 rings (SSSR count). The smallest absolute Gasteiger partial charge is 0.308 e. The first kappa shape index (κ1) is 17.3. The molecular weight excluding hydrogens is 294 g/mol. The van der Waals surface area contributed by atoms with Crippen LogP contribution in [0.4, 0.5) is 0 Å². The van der Waals surface area contributed by atoms with Crippen molar-refractivity contribution >= 4 is 11.9 Å². The first-order valence-electron chi connectivity index (χ1n) is 7.93. The summed E-state index contributed by atoms with van der Waals surface area (Å²) in [7, 11) is 0. The summed E-state index contributed by atoms with van der Waals surface area (Å²) in [6, 6.07) is 7.70. The monoisotopic (exact) mass is 319 g/mol. The molecule has 1 aromatic rings. The molecule has 1 aliphatic rings. The highest BCUT2D eigenvalue weighted by molar-refractivity contribution is 5.80. The van der Waals surface area contributed by atoms with Gasteiger partial charge in [-0.25, -0.2) is 0 Å². The molecule has 23 heavy (non-hydrogen) atoms. The second kappa shape index (κ2) is 6.60. The van der Waals surface area contributed by atoms with E-state index in [1.807, 2.05) is 31.2 Å². The number of carboxylic acid groups (broad SMARTS) is 1. The van der Waals surface area contributed by atoms with E-state index >= 15 is 0 Å². The molecule has 0 unspecified atom stereocenters. The van der Waals surface area contributed by atoms with E-state index in [0.717, 1.165) is 5.56 Å². The maximum Gasteiger partial charge on any atom is 0.308 e. The third-order valence-corrected chi connectivity index (χ3v) is 4.33. The molecule has 126 valence electrons. The molecule has 0 saturated carbocycles. The Kier molecular flexibility index (Phi) is 4.97. The number of aliphatic carboxylic acids is 1. The Morgan fingerprint density at radius 3 is 2.48 bits per heavy atom. The van der Waals surface area contributed by atoms with E-state index in [1.165, 1.54) is 0 Å². The van der Waals surface area contributed by atoms with Gasteiger partial charge in [0.2, 0.25) is 0 Å². The minimum atomic E-state index is -0.841. The lowest BCUT2D eigenvalue weighted by Crippen LogP contribution is -2.34. The topological polar surface area (TPSA) is 66.8 Å². The number of hydrogen-bond donors (Lipinski definition) is 1. The lowest BCUT2D eigenvalue weighted by atomic mass is 9.86. The van der Waals surface area contributed by atoms with Gasteiger partial charge in [0.15, 0.2) is 6.61 Å². The van der Waals surface area contributed by atoms with Gasteiger partial charge in [0, 0.05) is 13.1 Å². The van der Waals surface area contributed by atoms with Gasteiger partial charge in [-0.15, -0.1) is 0 Å². The van der Waals surface area contributed by atoms with Crippen molar-refractivity contribution in [3.63, 3.8) is 0 Å². The van der Waals surface area contributed by atoms with Crippen LogP contribution in [0, 0.1) is 11.8 Å². The number of nitrogens with zero attached hydrogens (tertiary/aromatic N) is 1. The van der Waals surface area contributed by atoms with Crippen LogP contribution in [0.5, 0.6) is 5.75 Å². The summed E-state index contributed by atoms with van der Waals surface area (Å²) in [4.78, 5) is 25.0. The van der Waals surface area contributed by atoms with E-state index in [-0.39, 0.29) is 30.4 Å². The van der Waals surface area contributed by atoms with Crippen LogP contribution in [-0.2, 0) is 15.0 Å². The molecule has 1 N–H and O–H groups in total. The highest BCUT2D eigenvalue weighted by atomic mass is 16.5. The molecule has 1 fully saturated rings. The molecule has 2 atom stereocenters. The van der Waals surface area contributed by atoms with Gasteiger partial charge in [-0.05, 0) is 23.0 Å². The van der Waals surface area contributed by atoms with E-state index in [1.54, 1.807) is 4.90 Å². The van der Waals surface area contributed by atoms with Crippen molar-refractivity contribution in [3.8, 4) is 5.75 Å². The van der Waals surface area contributed by atoms with Gasteiger partial charge in [0.05, 0.1) is 5.92 Å². The first-order valence-corrected chi connectivity index (χ1v) is 7.93. The first-order chi connectivity index (χ1) is 10.7. The van der Waals surface area contributed by atoms with Crippen molar-refractivity contribution in [1.29, 1.82) is 0 Å². The molecule has 1 heterocycles. The largest absolute Gasteiger partial charge is 0.483 e. The van der Waals surface area contributed by atoms with Crippen LogP contribution in [0.2, 0.25) is 0 Å². The lowest BCUT2D eigenvalue weighted by molar-refractivity contribution is -0.142. The highest BCUT2D eigenvalue weighted by Crippen LogP contribution is 2.31. The molecule has 0 bridgehead atoms. The Morgan fingerprint density at radius 1 is 1.26 bits per heavy atom. The second-order valence-electron chi connectivity index (χ2n) is 7.26. The average Bonchev–Trinajstić information content (AvgIpc) is 2.86. The SMILES string of the molecule is C[C@@H]1CN(C(=O)COc2ccccc2C(C)(C)C)C[C@H]1C(=O)O. The molecule has 1 saturated heterocycles. The summed E-state index contributed by atoms with van der Waals surface area (Å²) in [5, 5.41) is 9.15. The summed E-state index contributed by atoms with van der Waals surface area (Å²) >= 11 is 0. The number of carbonyl (C=O) groups excluding carboxylic acids is 1. The zero-order valence-corrected chi connectivity index (χ0v) is 14.2. The van der Waals surface area contributed by atoms with Crippen molar-refractivity contribution in [2.24, 2.45) is 11.8 Å². The number of hydrogen-bond acceptors (Lipinski definition) is 3.